The molecular weight excluding hydrogens is 542 g/mol. The Kier molecular flexibility index (Phi) is 10.5. The van der Waals surface area contributed by atoms with Crippen LogP contribution in [-0.4, -0.2) is 68.5 Å². The molecule has 18 heteroatoms. The second kappa shape index (κ2) is 12.5. The summed E-state index contributed by atoms with van der Waals surface area (Å²) in [7, 11) is -2.02. The van der Waals surface area contributed by atoms with E-state index in [-0.39, 0.29) is 17.4 Å². The van der Waals surface area contributed by atoms with E-state index in [2.05, 4.69) is 16.4 Å². The summed E-state index contributed by atoms with van der Waals surface area (Å²) < 4.78 is 64.7. The zero-order valence-electron chi connectivity index (χ0n) is 18.1. The van der Waals surface area contributed by atoms with Crippen LogP contribution < -0.4 is 16.6 Å². The van der Waals surface area contributed by atoms with Crippen LogP contribution in [0.25, 0.3) is 0 Å². The van der Waals surface area contributed by atoms with Crippen molar-refractivity contribution >= 4 is 35.3 Å². The molecule has 4 atom stereocenters. The van der Waals surface area contributed by atoms with Crippen LogP contribution in [0.2, 0.25) is 0 Å². The normalized spacial score (nSPS) is 21.3. The smallest absolute Gasteiger partial charge is 0.361 e. The molecule has 2 rings (SSSR count). The molecule has 1 aromatic heterocycles. The van der Waals surface area contributed by atoms with Gasteiger partial charge in [0.05, 0.1) is 19.3 Å². The monoisotopic (exact) mass is 563 g/mol. The number of nitrogens with one attached hydrogen (secondary N) is 2. The first-order valence-electron chi connectivity index (χ1n) is 9.61. The van der Waals surface area contributed by atoms with Crippen LogP contribution in [0.4, 0.5) is 13.2 Å². The number of nitrogens with zero attached hydrogens (tertiary/aromatic N) is 1. The molecule has 12 nitrogen and oxygen atoms in total. The van der Waals surface area contributed by atoms with Crippen molar-refractivity contribution in [3.05, 3.63) is 32.6 Å². The highest BCUT2D eigenvalue weighted by molar-refractivity contribution is 8.76. The molecule has 0 saturated carbocycles. The molecular formula is C17H21F3N3O9PS2. The molecule has 1 aromatic rings. The number of amides is 1. The van der Waals surface area contributed by atoms with Crippen molar-refractivity contribution in [1.29, 1.82) is 0 Å². The predicted octanol–water partition coefficient (Wildman–Crippen LogP) is 0.706. The summed E-state index contributed by atoms with van der Waals surface area (Å²) in [6.07, 6.45) is -4.98. The standard InChI is InChI=1S/C17H21F3N3O9PS2/c1-9(35-34-2)31-11-6-13(32-12(11)8-30-33(27,28)29)23-7-10(14(24)22-16(23)26)4-3-5-21-15(25)17(18,19)20/h7,9,11-13H,5-6,8H2,1-2H3,(H,21,25)(H,22,24,26)(H2,27,28,29)/t9-,11-,12-,13-/m1/s1. The fourth-order valence-electron chi connectivity index (χ4n) is 2.89. The van der Waals surface area contributed by atoms with Crippen LogP contribution in [0.15, 0.2) is 15.8 Å². The van der Waals surface area contributed by atoms with Gasteiger partial charge in [0.1, 0.15) is 23.3 Å². The van der Waals surface area contributed by atoms with Crippen molar-refractivity contribution in [2.24, 2.45) is 0 Å². The third kappa shape index (κ3) is 9.32. The maximum Gasteiger partial charge on any atom is 0.471 e. The van der Waals surface area contributed by atoms with Gasteiger partial charge in [-0.05, 0) is 13.2 Å². The molecule has 1 saturated heterocycles. The summed E-state index contributed by atoms with van der Waals surface area (Å²) in [5.41, 5.74) is -2.46. The van der Waals surface area contributed by atoms with Gasteiger partial charge in [-0.2, -0.15) is 13.2 Å². The third-order valence-corrected chi connectivity index (χ3v) is 6.73. The van der Waals surface area contributed by atoms with Crippen molar-refractivity contribution in [2.75, 3.05) is 19.4 Å². The number of alkyl halides is 3. The molecule has 1 amide bonds. The zero-order valence-corrected chi connectivity index (χ0v) is 20.6. The van der Waals surface area contributed by atoms with E-state index >= 15 is 0 Å². The Morgan fingerprint density at radius 1 is 1.46 bits per heavy atom. The van der Waals surface area contributed by atoms with Crippen molar-refractivity contribution in [3.8, 4) is 11.8 Å². The highest BCUT2D eigenvalue weighted by atomic mass is 33.1. The van der Waals surface area contributed by atoms with Gasteiger partial charge in [0.15, 0.2) is 0 Å². The lowest BCUT2D eigenvalue weighted by atomic mass is 10.2. The predicted molar refractivity (Wildman–Crippen MR) is 119 cm³/mol. The number of H-pyrrole nitrogens is 1. The van der Waals surface area contributed by atoms with E-state index < -0.39 is 62.7 Å². The van der Waals surface area contributed by atoms with Gasteiger partial charge >= 0.3 is 25.6 Å². The highest BCUT2D eigenvalue weighted by Crippen LogP contribution is 2.39. The number of hydrogen-bond donors (Lipinski definition) is 4. The Balaban J connectivity index is 2.23. The molecule has 0 radical (unpaired) electrons. The summed E-state index contributed by atoms with van der Waals surface area (Å²) in [5, 5.41) is 1.52. The van der Waals surface area contributed by atoms with Crippen LogP contribution >= 0.6 is 29.4 Å². The van der Waals surface area contributed by atoms with Gasteiger partial charge in [-0.3, -0.25) is 23.7 Å². The number of aromatic nitrogens is 2. The van der Waals surface area contributed by atoms with Crippen molar-refractivity contribution in [1.82, 2.24) is 14.9 Å². The van der Waals surface area contributed by atoms with E-state index in [1.807, 2.05) is 11.2 Å². The molecule has 35 heavy (non-hydrogen) atoms. The van der Waals surface area contributed by atoms with Crippen LogP contribution in [0.3, 0.4) is 0 Å². The second-order valence-corrected chi connectivity index (χ2v) is 10.9. The molecule has 1 aliphatic rings. The van der Waals surface area contributed by atoms with E-state index in [0.717, 1.165) is 10.8 Å². The molecule has 0 bridgehead atoms. The summed E-state index contributed by atoms with van der Waals surface area (Å²) in [4.78, 5) is 55.2. The number of phosphoric acid groups is 1. The molecule has 2 heterocycles. The molecule has 1 fully saturated rings. The average Bonchev–Trinajstić information content (AvgIpc) is 3.12. The fraction of sp³-hybridized carbons (Fsp3) is 0.588. The topological polar surface area (TPSA) is 169 Å². The van der Waals surface area contributed by atoms with E-state index in [0.29, 0.717) is 0 Å². The Morgan fingerprint density at radius 2 is 2.14 bits per heavy atom. The third-order valence-electron chi connectivity index (χ3n) is 4.28. The minimum atomic E-state index is -5.09. The summed E-state index contributed by atoms with van der Waals surface area (Å²) in [5.74, 6) is 2.25. The first-order valence-corrected chi connectivity index (χ1v) is 13.8. The minimum Gasteiger partial charge on any atom is -0.361 e. The Bertz CT molecular complexity index is 1130. The zero-order chi connectivity index (χ0) is 26.4. The summed E-state index contributed by atoms with van der Waals surface area (Å²) in [6.45, 7) is 0.484. The van der Waals surface area contributed by atoms with Crippen LogP contribution in [-0.2, 0) is 23.4 Å². The highest BCUT2D eigenvalue weighted by Gasteiger charge is 2.40. The quantitative estimate of drug-likeness (QED) is 0.144. The van der Waals surface area contributed by atoms with Gasteiger partial charge in [0.25, 0.3) is 5.56 Å². The van der Waals surface area contributed by atoms with Gasteiger partial charge in [-0.15, -0.1) is 0 Å². The number of ether oxygens (including phenoxy) is 2. The summed E-state index contributed by atoms with van der Waals surface area (Å²) in [6, 6.07) is 0. The van der Waals surface area contributed by atoms with Gasteiger partial charge in [-0.25, -0.2) is 9.36 Å². The summed E-state index contributed by atoms with van der Waals surface area (Å²) >= 11 is 0. The number of rotatable bonds is 9. The number of aromatic amines is 1. The Labute approximate surface area is 203 Å². The van der Waals surface area contributed by atoms with Gasteiger partial charge in [0, 0.05) is 12.6 Å². The number of halogens is 3. The van der Waals surface area contributed by atoms with E-state index in [4.69, 9.17) is 19.3 Å². The lowest BCUT2D eigenvalue weighted by molar-refractivity contribution is -0.173. The van der Waals surface area contributed by atoms with Gasteiger partial charge in [0.2, 0.25) is 0 Å². The lowest BCUT2D eigenvalue weighted by Crippen LogP contribution is -2.37. The Morgan fingerprint density at radius 3 is 2.74 bits per heavy atom. The van der Waals surface area contributed by atoms with Crippen LogP contribution in [0.5, 0.6) is 0 Å². The van der Waals surface area contributed by atoms with Crippen LogP contribution in [0.1, 0.15) is 25.1 Å². The first-order chi connectivity index (χ1) is 16.2. The van der Waals surface area contributed by atoms with Crippen LogP contribution in [0, 0.1) is 11.8 Å². The maximum atomic E-state index is 12.4. The number of carbonyl (C=O) groups excluding carboxylic acids is 1. The largest absolute Gasteiger partial charge is 0.471 e. The second-order valence-electron chi connectivity index (χ2n) is 6.85. The number of phosphoric ester groups is 1. The first kappa shape index (κ1) is 29.5. The SMILES string of the molecule is CSS[C@H](C)O[C@@H]1C[C@H](n2cc(C#CCNC(=O)C(F)(F)F)c(=O)[nH]c2=O)O[C@@H]1COP(=O)(O)O. The van der Waals surface area contributed by atoms with Crippen molar-refractivity contribution < 1.29 is 46.3 Å². The molecule has 196 valence electrons. The van der Waals surface area contributed by atoms with E-state index in [9.17, 15) is 32.1 Å². The van der Waals surface area contributed by atoms with Crippen molar-refractivity contribution in [2.45, 2.75) is 43.4 Å². The maximum absolute atomic E-state index is 12.4. The molecule has 0 unspecified atom stereocenters. The number of hydrogen-bond acceptors (Lipinski definition) is 9. The average molecular weight is 563 g/mol. The van der Waals surface area contributed by atoms with Gasteiger partial charge in [-0.1, -0.05) is 33.4 Å². The molecule has 0 spiro atoms. The fourth-order valence-corrected chi connectivity index (χ4v) is 4.64. The lowest BCUT2D eigenvalue weighted by Gasteiger charge is -2.22. The molecule has 4 N–H and O–H groups in total. The molecule has 0 aromatic carbocycles. The van der Waals surface area contributed by atoms with E-state index in [1.54, 1.807) is 6.92 Å². The van der Waals surface area contributed by atoms with Crippen molar-refractivity contribution in [3.63, 3.8) is 0 Å². The molecule has 1 aliphatic heterocycles. The number of carbonyl (C=O) groups is 1. The Hall–Kier alpha value is -1.77. The van der Waals surface area contributed by atoms with Gasteiger partial charge < -0.3 is 24.6 Å². The minimum absolute atomic E-state index is 0.0366. The van der Waals surface area contributed by atoms with E-state index in [1.165, 1.54) is 26.9 Å². The molecule has 0 aliphatic carbocycles.